The summed E-state index contributed by atoms with van der Waals surface area (Å²) in [6, 6.07) is 2.55. The van der Waals surface area contributed by atoms with Crippen molar-refractivity contribution in [2.45, 2.75) is 40.7 Å². The monoisotopic (exact) mass is 361 g/mol. The third kappa shape index (κ3) is 7.65. The van der Waals surface area contributed by atoms with Gasteiger partial charge in [0.2, 0.25) is 5.91 Å². The summed E-state index contributed by atoms with van der Waals surface area (Å²) >= 11 is 3.25. The lowest BCUT2D eigenvalue weighted by Crippen LogP contribution is -2.33. The van der Waals surface area contributed by atoms with Crippen LogP contribution in [0.4, 0.5) is 5.82 Å². The average Bonchev–Trinajstić information content (AvgIpc) is 2.52. The second-order valence-corrected chi connectivity index (χ2v) is 4.14. The Balaban J connectivity index is 0. The molecule has 0 spiro atoms. The Morgan fingerprint density at radius 3 is 2.24 bits per heavy atom. The molecule has 3 N–H and O–H groups in total. The zero-order valence-corrected chi connectivity index (χ0v) is 14.9. The van der Waals surface area contributed by atoms with E-state index in [4.69, 9.17) is 5.73 Å². The van der Waals surface area contributed by atoms with Gasteiger partial charge in [-0.1, -0.05) is 27.7 Å². The number of rotatable bonds is 4. The number of halogens is 1. The van der Waals surface area contributed by atoms with Crippen LogP contribution in [-0.2, 0) is 9.53 Å². The van der Waals surface area contributed by atoms with Gasteiger partial charge in [0.25, 0.3) is 0 Å². The number of esters is 1. The third-order valence-corrected chi connectivity index (χ3v) is 2.66. The second-order valence-electron chi connectivity index (χ2n) is 3.29. The predicted molar refractivity (Wildman–Crippen MR) is 88.3 cm³/mol. The molecule has 1 rings (SSSR count). The highest BCUT2D eigenvalue weighted by Crippen LogP contribution is 2.21. The Morgan fingerprint density at radius 1 is 1.29 bits per heavy atom. The fourth-order valence-corrected chi connectivity index (χ4v) is 1.37. The highest BCUT2D eigenvalue weighted by molar-refractivity contribution is 9.10. The van der Waals surface area contributed by atoms with Crippen molar-refractivity contribution in [3.63, 3.8) is 0 Å². The van der Waals surface area contributed by atoms with E-state index in [2.05, 4.69) is 31.0 Å². The van der Waals surface area contributed by atoms with Crippen LogP contribution in [-0.4, -0.2) is 30.0 Å². The Labute approximate surface area is 134 Å². The summed E-state index contributed by atoms with van der Waals surface area (Å²) < 4.78 is 5.17. The lowest BCUT2D eigenvalue weighted by molar-refractivity contribution is -0.118. The Bertz CT molecular complexity index is 453. The van der Waals surface area contributed by atoms with Crippen molar-refractivity contribution < 1.29 is 14.3 Å². The maximum absolute atomic E-state index is 11.3. The molecule has 0 saturated heterocycles. The fourth-order valence-electron chi connectivity index (χ4n) is 1.04. The number of anilines is 1. The first kappa shape index (κ1) is 21.7. The van der Waals surface area contributed by atoms with Crippen molar-refractivity contribution in [1.82, 2.24) is 4.98 Å². The quantitative estimate of drug-likeness (QED) is 0.803. The van der Waals surface area contributed by atoms with Gasteiger partial charge < -0.3 is 15.8 Å². The number of carbonyl (C=O) groups excluding carboxylic acids is 2. The number of methoxy groups -OCH3 is 1. The second kappa shape index (κ2) is 12.1. The van der Waals surface area contributed by atoms with Crippen molar-refractivity contribution in [3.8, 4) is 0 Å². The smallest absolute Gasteiger partial charge is 0.356 e. The normalized spacial score (nSPS) is 10.0. The molecule has 1 atom stereocenters. The van der Waals surface area contributed by atoms with E-state index in [1.807, 2.05) is 27.7 Å². The number of aromatic nitrogens is 1. The molecule has 0 fully saturated rings. The van der Waals surface area contributed by atoms with Crippen LogP contribution in [0.1, 0.15) is 45.1 Å². The molecule has 1 unspecified atom stereocenters. The van der Waals surface area contributed by atoms with Gasteiger partial charge in [0.1, 0.15) is 11.9 Å². The molecule has 0 saturated carbocycles. The summed E-state index contributed by atoms with van der Waals surface area (Å²) in [5.41, 5.74) is 5.27. The SMILES string of the molecule is CC.CC.COC(=O)c1ccc(Br)c(NC(C)C(N)=O)n1. The van der Waals surface area contributed by atoms with Gasteiger partial charge in [-0.25, -0.2) is 9.78 Å². The van der Waals surface area contributed by atoms with E-state index in [0.717, 1.165) is 0 Å². The minimum Gasteiger partial charge on any atom is -0.464 e. The number of hydrogen-bond donors (Lipinski definition) is 2. The standard InChI is InChI=1S/C10H12BrN3O3.2C2H6/c1-5(8(12)15)13-9-6(11)3-4-7(14-9)10(16)17-2;2*1-2/h3-5H,1-2H3,(H2,12,15)(H,13,14);2*1-2H3. The maximum Gasteiger partial charge on any atom is 0.356 e. The fraction of sp³-hybridized carbons (Fsp3) is 0.500. The van der Waals surface area contributed by atoms with Gasteiger partial charge in [-0.05, 0) is 35.0 Å². The van der Waals surface area contributed by atoms with E-state index >= 15 is 0 Å². The molecular formula is C14H24BrN3O3. The van der Waals surface area contributed by atoms with Crippen LogP contribution in [0.5, 0.6) is 0 Å². The van der Waals surface area contributed by atoms with Crippen molar-refractivity contribution in [2.75, 3.05) is 12.4 Å². The highest BCUT2D eigenvalue weighted by atomic mass is 79.9. The van der Waals surface area contributed by atoms with Crippen molar-refractivity contribution >= 4 is 33.6 Å². The first-order valence-corrected chi connectivity index (χ1v) is 7.55. The van der Waals surface area contributed by atoms with E-state index in [1.165, 1.54) is 13.2 Å². The third-order valence-electron chi connectivity index (χ3n) is 2.02. The van der Waals surface area contributed by atoms with Gasteiger partial charge in [-0.3, -0.25) is 4.79 Å². The molecule has 1 aromatic heterocycles. The molecular weight excluding hydrogens is 338 g/mol. The summed E-state index contributed by atoms with van der Waals surface area (Å²) in [5, 5.41) is 2.79. The number of hydrogen-bond acceptors (Lipinski definition) is 5. The lowest BCUT2D eigenvalue weighted by atomic mass is 10.3. The van der Waals surface area contributed by atoms with Gasteiger partial charge in [0.05, 0.1) is 11.6 Å². The molecule has 21 heavy (non-hydrogen) atoms. The average molecular weight is 362 g/mol. The molecule has 1 aromatic rings. The lowest BCUT2D eigenvalue weighted by Gasteiger charge is -2.12. The molecule has 0 aliphatic carbocycles. The summed E-state index contributed by atoms with van der Waals surface area (Å²) in [7, 11) is 1.27. The number of carbonyl (C=O) groups is 2. The van der Waals surface area contributed by atoms with Gasteiger partial charge in [-0.2, -0.15) is 0 Å². The molecule has 0 aromatic carbocycles. The van der Waals surface area contributed by atoms with Crippen molar-refractivity contribution in [1.29, 1.82) is 0 Å². The van der Waals surface area contributed by atoms with Crippen LogP contribution < -0.4 is 11.1 Å². The van der Waals surface area contributed by atoms with Gasteiger partial charge in [0, 0.05) is 0 Å². The van der Waals surface area contributed by atoms with E-state index in [1.54, 1.807) is 13.0 Å². The van der Waals surface area contributed by atoms with Crippen LogP contribution >= 0.6 is 15.9 Å². The van der Waals surface area contributed by atoms with Gasteiger partial charge >= 0.3 is 5.97 Å². The molecule has 0 bridgehead atoms. The highest BCUT2D eigenvalue weighted by Gasteiger charge is 2.14. The zero-order chi connectivity index (χ0) is 17.0. The molecule has 6 nitrogen and oxygen atoms in total. The van der Waals surface area contributed by atoms with Crippen LogP contribution in [0.25, 0.3) is 0 Å². The summed E-state index contributed by atoms with van der Waals surface area (Å²) in [5.74, 6) is -0.700. The Morgan fingerprint density at radius 2 is 1.81 bits per heavy atom. The molecule has 0 radical (unpaired) electrons. The molecule has 0 aliphatic rings. The van der Waals surface area contributed by atoms with Crippen LogP contribution in [0, 0.1) is 0 Å². The maximum atomic E-state index is 11.3. The molecule has 120 valence electrons. The molecule has 1 amide bonds. The first-order valence-electron chi connectivity index (χ1n) is 6.76. The number of pyridine rings is 1. The molecule has 7 heteroatoms. The van der Waals surface area contributed by atoms with Crippen LogP contribution in [0.2, 0.25) is 0 Å². The van der Waals surface area contributed by atoms with Gasteiger partial charge in [0.15, 0.2) is 5.69 Å². The van der Waals surface area contributed by atoms with Crippen molar-refractivity contribution in [2.24, 2.45) is 5.73 Å². The van der Waals surface area contributed by atoms with E-state index < -0.39 is 17.9 Å². The molecule has 1 heterocycles. The number of amides is 1. The van der Waals surface area contributed by atoms with Crippen LogP contribution in [0.3, 0.4) is 0 Å². The van der Waals surface area contributed by atoms with Crippen LogP contribution in [0.15, 0.2) is 16.6 Å². The molecule has 0 aliphatic heterocycles. The summed E-state index contributed by atoms with van der Waals surface area (Å²) in [4.78, 5) is 26.2. The van der Waals surface area contributed by atoms with E-state index in [0.29, 0.717) is 10.3 Å². The van der Waals surface area contributed by atoms with Crippen molar-refractivity contribution in [3.05, 3.63) is 22.3 Å². The number of ether oxygens (including phenoxy) is 1. The minimum atomic E-state index is -0.591. The summed E-state index contributed by atoms with van der Waals surface area (Å²) in [6.07, 6.45) is 0. The minimum absolute atomic E-state index is 0.148. The number of nitrogens with two attached hydrogens (primary N) is 1. The summed E-state index contributed by atoms with van der Waals surface area (Å²) in [6.45, 7) is 9.60. The Kier molecular flexibility index (Phi) is 12.5. The largest absolute Gasteiger partial charge is 0.464 e. The zero-order valence-electron chi connectivity index (χ0n) is 13.4. The predicted octanol–water partition coefficient (Wildman–Crippen LogP) is 2.97. The van der Waals surface area contributed by atoms with Gasteiger partial charge in [-0.15, -0.1) is 0 Å². The topological polar surface area (TPSA) is 94.3 Å². The van der Waals surface area contributed by atoms with E-state index in [9.17, 15) is 9.59 Å². The van der Waals surface area contributed by atoms with E-state index in [-0.39, 0.29) is 5.69 Å². The number of nitrogens with one attached hydrogen (secondary N) is 1. The number of nitrogens with zero attached hydrogens (tertiary/aromatic N) is 1. The number of primary amides is 1. The Hall–Kier alpha value is -1.63. The first-order chi connectivity index (χ1) is 9.95.